The molecule has 1 aliphatic heterocycles. The minimum atomic E-state index is -0.0201. The average Bonchev–Trinajstić information content (AvgIpc) is 3.20. The van der Waals surface area contributed by atoms with Gasteiger partial charge >= 0.3 is 6.03 Å². The maximum Gasteiger partial charge on any atom is 0.315 e. The van der Waals surface area contributed by atoms with Gasteiger partial charge in [-0.2, -0.15) is 5.10 Å². The van der Waals surface area contributed by atoms with E-state index in [9.17, 15) is 4.79 Å². The Morgan fingerprint density at radius 1 is 1.04 bits per heavy atom. The van der Waals surface area contributed by atoms with Crippen molar-refractivity contribution < 1.29 is 4.79 Å². The van der Waals surface area contributed by atoms with E-state index in [1.807, 2.05) is 12.1 Å². The van der Waals surface area contributed by atoms with Gasteiger partial charge in [-0.3, -0.25) is 10.1 Å². The van der Waals surface area contributed by atoms with Crippen LogP contribution in [0.15, 0.2) is 30.6 Å². The molecule has 2 amide bonds. The van der Waals surface area contributed by atoms with Crippen LogP contribution in [0.25, 0.3) is 11.3 Å². The number of H-pyrrole nitrogens is 1. The zero-order chi connectivity index (χ0) is 18.5. The Kier molecular flexibility index (Phi) is 5.55. The quantitative estimate of drug-likeness (QED) is 0.774. The third-order valence-corrected chi connectivity index (χ3v) is 5.58. The molecule has 0 aromatic carbocycles. The minimum Gasteiger partial charge on any atom is -0.353 e. The Balaban J connectivity index is 1.33. The first-order chi connectivity index (χ1) is 13.3. The molecule has 144 valence electrons. The van der Waals surface area contributed by atoms with Crippen molar-refractivity contribution >= 4 is 11.8 Å². The molecule has 7 heteroatoms. The summed E-state index contributed by atoms with van der Waals surface area (Å²) in [4.78, 5) is 18.6. The Labute approximate surface area is 159 Å². The molecule has 0 spiro atoms. The van der Waals surface area contributed by atoms with E-state index in [0.29, 0.717) is 6.04 Å². The number of pyridine rings is 1. The molecule has 3 heterocycles. The molecule has 4 rings (SSSR count). The number of urea groups is 1. The van der Waals surface area contributed by atoms with Gasteiger partial charge in [0.15, 0.2) is 5.82 Å². The Morgan fingerprint density at radius 2 is 1.78 bits per heavy atom. The summed E-state index contributed by atoms with van der Waals surface area (Å²) in [6.07, 6.45) is 11.6. The maximum atomic E-state index is 12.3. The summed E-state index contributed by atoms with van der Waals surface area (Å²) in [5.74, 6) is 0.931. The van der Waals surface area contributed by atoms with E-state index >= 15 is 0 Å². The normalized spacial score (nSPS) is 21.0. The second-order valence-electron chi connectivity index (χ2n) is 7.61. The number of rotatable bonds is 4. The van der Waals surface area contributed by atoms with Crippen LogP contribution in [-0.2, 0) is 0 Å². The molecule has 3 N–H and O–H groups in total. The summed E-state index contributed by atoms with van der Waals surface area (Å²) < 4.78 is 0. The second-order valence-corrected chi connectivity index (χ2v) is 7.61. The number of aromatic amines is 1. The van der Waals surface area contributed by atoms with Crippen molar-refractivity contribution in [1.29, 1.82) is 0 Å². The van der Waals surface area contributed by atoms with Gasteiger partial charge in [-0.05, 0) is 37.8 Å². The van der Waals surface area contributed by atoms with Gasteiger partial charge in [-0.1, -0.05) is 19.3 Å². The van der Waals surface area contributed by atoms with E-state index in [4.69, 9.17) is 0 Å². The van der Waals surface area contributed by atoms with Crippen molar-refractivity contribution in [2.24, 2.45) is 0 Å². The third kappa shape index (κ3) is 4.59. The summed E-state index contributed by atoms with van der Waals surface area (Å²) in [5, 5.41) is 13.9. The second kappa shape index (κ2) is 8.41. The third-order valence-electron chi connectivity index (χ3n) is 5.58. The van der Waals surface area contributed by atoms with Crippen LogP contribution < -0.4 is 15.5 Å². The van der Waals surface area contributed by atoms with Crippen LogP contribution in [0.3, 0.4) is 0 Å². The zero-order valence-corrected chi connectivity index (χ0v) is 15.7. The predicted molar refractivity (Wildman–Crippen MR) is 106 cm³/mol. The lowest BCUT2D eigenvalue weighted by Gasteiger charge is -2.33. The highest BCUT2D eigenvalue weighted by atomic mass is 16.2. The van der Waals surface area contributed by atoms with E-state index in [1.165, 1.54) is 19.3 Å². The van der Waals surface area contributed by atoms with Gasteiger partial charge in [0.2, 0.25) is 0 Å². The number of anilines is 1. The smallest absolute Gasteiger partial charge is 0.315 e. The number of hydrogen-bond donors (Lipinski definition) is 3. The highest BCUT2D eigenvalue weighted by molar-refractivity contribution is 5.74. The van der Waals surface area contributed by atoms with Crippen molar-refractivity contribution in [3.8, 4) is 11.3 Å². The van der Waals surface area contributed by atoms with Crippen molar-refractivity contribution in [3.05, 3.63) is 30.6 Å². The number of nitrogens with zero attached hydrogens (tertiary/aromatic N) is 3. The van der Waals surface area contributed by atoms with Crippen LogP contribution in [-0.4, -0.2) is 46.4 Å². The first kappa shape index (κ1) is 17.8. The summed E-state index contributed by atoms with van der Waals surface area (Å²) in [6.45, 7) is 1.75. The standard InChI is InChI=1S/C20H28N6O/c27-20(22-16-5-2-1-3-6-16)23-17-7-4-12-26(14-17)19-13-18(24-25-19)15-8-10-21-11-9-15/h8-11,13,16-17H,1-7,12,14H2,(H,24,25)(H2,22,23,27)/t17-/m1/s1. The van der Waals surface area contributed by atoms with Crippen LogP contribution in [0.5, 0.6) is 0 Å². The van der Waals surface area contributed by atoms with E-state index in [0.717, 1.165) is 55.8 Å². The number of nitrogens with one attached hydrogen (secondary N) is 3. The SMILES string of the molecule is O=C(NC1CCCCC1)N[C@@H]1CCCN(c2cc(-c3ccncc3)[nH]n2)C1. The average molecular weight is 368 g/mol. The molecule has 2 fully saturated rings. The van der Waals surface area contributed by atoms with Crippen LogP contribution in [0, 0.1) is 0 Å². The number of piperidine rings is 1. The fraction of sp³-hybridized carbons (Fsp3) is 0.550. The number of carbonyl (C=O) groups excluding carboxylic acids is 1. The van der Waals surface area contributed by atoms with Gasteiger partial charge in [-0.25, -0.2) is 4.79 Å². The van der Waals surface area contributed by atoms with Crippen LogP contribution >= 0.6 is 0 Å². The summed E-state index contributed by atoms with van der Waals surface area (Å²) in [5.41, 5.74) is 2.06. The molecular weight excluding hydrogens is 340 g/mol. The summed E-state index contributed by atoms with van der Waals surface area (Å²) >= 11 is 0. The molecule has 0 radical (unpaired) electrons. The largest absolute Gasteiger partial charge is 0.353 e. The Hall–Kier alpha value is -2.57. The Morgan fingerprint density at radius 3 is 2.59 bits per heavy atom. The van der Waals surface area contributed by atoms with Gasteiger partial charge in [0.05, 0.1) is 5.69 Å². The van der Waals surface area contributed by atoms with Gasteiger partial charge in [0.1, 0.15) is 0 Å². The van der Waals surface area contributed by atoms with E-state index in [2.05, 4.69) is 36.8 Å². The van der Waals surface area contributed by atoms with Gasteiger partial charge in [0.25, 0.3) is 0 Å². The maximum absolute atomic E-state index is 12.3. The van der Waals surface area contributed by atoms with Crippen LogP contribution in [0.1, 0.15) is 44.9 Å². The lowest BCUT2D eigenvalue weighted by molar-refractivity contribution is 0.227. The molecule has 1 atom stereocenters. The zero-order valence-electron chi connectivity index (χ0n) is 15.7. The van der Waals surface area contributed by atoms with E-state index in [1.54, 1.807) is 12.4 Å². The lowest BCUT2D eigenvalue weighted by atomic mass is 9.96. The molecule has 1 saturated carbocycles. The molecule has 2 aromatic rings. The van der Waals surface area contributed by atoms with Crippen LogP contribution in [0.4, 0.5) is 10.6 Å². The molecular formula is C20H28N6O. The van der Waals surface area contributed by atoms with Crippen molar-refractivity contribution in [1.82, 2.24) is 25.8 Å². The molecule has 0 unspecified atom stereocenters. The fourth-order valence-electron chi connectivity index (χ4n) is 4.11. The lowest BCUT2D eigenvalue weighted by Crippen LogP contribution is -2.52. The summed E-state index contributed by atoms with van der Waals surface area (Å²) in [6, 6.07) is 6.48. The Bertz CT molecular complexity index is 740. The topological polar surface area (TPSA) is 85.9 Å². The molecule has 0 bridgehead atoms. The first-order valence-corrected chi connectivity index (χ1v) is 10.1. The summed E-state index contributed by atoms with van der Waals surface area (Å²) in [7, 11) is 0. The highest BCUT2D eigenvalue weighted by Crippen LogP contribution is 2.24. The highest BCUT2D eigenvalue weighted by Gasteiger charge is 2.24. The van der Waals surface area contributed by atoms with Gasteiger partial charge < -0.3 is 15.5 Å². The van der Waals surface area contributed by atoms with E-state index < -0.39 is 0 Å². The van der Waals surface area contributed by atoms with E-state index in [-0.39, 0.29) is 12.1 Å². The number of amides is 2. The molecule has 1 aliphatic carbocycles. The number of hydrogen-bond acceptors (Lipinski definition) is 4. The predicted octanol–water partition coefficient (Wildman–Crippen LogP) is 3.07. The molecule has 27 heavy (non-hydrogen) atoms. The number of carbonyl (C=O) groups is 1. The fourth-order valence-corrected chi connectivity index (χ4v) is 4.11. The molecule has 1 saturated heterocycles. The van der Waals surface area contributed by atoms with Crippen molar-refractivity contribution in [2.45, 2.75) is 57.0 Å². The molecule has 2 aromatic heterocycles. The minimum absolute atomic E-state index is 0.0201. The van der Waals surface area contributed by atoms with Gasteiger partial charge in [-0.15, -0.1) is 0 Å². The van der Waals surface area contributed by atoms with Crippen molar-refractivity contribution in [2.75, 3.05) is 18.0 Å². The number of aromatic nitrogens is 3. The first-order valence-electron chi connectivity index (χ1n) is 10.1. The van der Waals surface area contributed by atoms with Crippen molar-refractivity contribution in [3.63, 3.8) is 0 Å². The molecule has 7 nitrogen and oxygen atoms in total. The van der Waals surface area contributed by atoms with Crippen LogP contribution in [0.2, 0.25) is 0 Å². The van der Waals surface area contributed by atoms with Gasteiger partial charge in [0, 0.05) is 49.2 Å². The molecule has 2 aliphatic rings. The monoisotopic (exact) mass is 368 g/mol.